The van der Waals surface area contributed by atoms with Crippen LogP contribution in [-0.2, 0) is 19.5 Å². The monoisotopic (exact) mass is 415 g/mol. The zero-order valence-corrected chi connectivity index (χ0v) is 16.0. The van der Waals surface area contributed by atoms with E-state index in [4.69, 9.17) is 11.6 Å². The molecule has 0 fully saturated rings. The molecule has 0 atom stereocenters. The van der Waals surface area contributed by atoms with Gasteiger partial charge < -0.3 is 10.1 Å². The first kappa shape index (κ1) is 18.3. The van der Waals surface area contributed by atoms with E-state index in [2.05, 4.69) is 20.4 Å². The lowest BCUT2D eigenvalue weighted by atomic mass is 10.2. The summed E-state index contributed by atoms with van der Waals surface area (Å²) in [5.41, 5.74) is 1.88. The zero-order chi connectivity index (χ0) is 19.5. The van der Waals surface area contributed by atoms with Crippen molar-refractivity contribution >= 4 is 28.8 Å². The molecule has 0 amide bonds. The van der Waals surface area contributed by atoms with Gasteiger partial charge in [0.2, 0.25) is 0 Å². The van der Waals surface area contributed by atoms with E-state index in [1.165, 1.54) is 22.1 Å². The minimum absolute atomic E-state index is 0.186. The number of aromatic nitrogens is 6. The van der Waals surface area contributed by atoms with Crippen LogP contribution in [0, 0.1) is 10.1 Å². The predicted octanol–water partition coefficient (Wildman–Crippen LogP) is 3.18. The third-order valence-electron chi connectivity index (χ3n) is 3.94. The molecule has 0 aliphatic carbocycles. The van der Waals surface area contributed by atoms with E-state index >= 15 is 0 Å². The molecule has 0 radical (unpaired) electrons. The van der Waals surface area contributed by atoms with E-state index in [0.29, 0.717) is 24.5 Å². The molecule has 0 saturated heterocycles. The second-order valence-electron chi connectivity index (χ2n) is 5.99. The normalized spacial score (nSPS) is 11.0. The molecule has 11 heteroatoms. The molecular formula is C17H14ClN7O2S. The van der Waals surface area contributed by atoms with Gasteiger partial charge in [0.05, 0.1) is 29.6 Å². The number of nitrogens with zero attached hydrogens (tertiary/aromatic N) is 7. The molecule has 1 aromatic carbocycles. The Morgan fingerprint density at radius 1 is 1.00 bits per heavy atom. The maximum Gasteiger partial charge on any atom is 0.389 e. The fourth-order valence-corrected chi connectivity index (χ4v) is 3.69. The van der Waals surface area contributed by atoms with Crippen molar-refractivity contribution in [3.8, 4) is 0 Å². The number of benzene rings is 1. The van der Waals surface area contributed by atoms with Crippen LogP contribution in [0.2, 0.25) is 5.02 Å². The Bertz CT molecular complexity index is 1120. The van der Waals surface area contributed by atoms with E-state index in [-0.39, 0.29) is 5.82 Å². The van der Waals surface area contributed by atoms with Crippen molar-refractivity contribution in [2.45, 2.75) is 19.5 Å². The van der Waals surface area contributed by atoms with Crippen molar-refractivity contribution in [1.29, 1.82) is 0 Å². The molecule has 3 aromatic heterocycles. The predicted molar refractivity (Wildman–Crippen MR) is 103 cm³/mol. The van der Waals surface area contributed by atoms with Crippen LogP contribution in [0.1, 0.15) is 21.3 Å². The lowest BCUT2D eigenvalue weighted by molar-refractivity contribution is -0.389. The second kappa shape index (κ2) is 7.87. The molecule has 142 valence electrons. The Morgan fingerprint density at radius 2 is 1.75 bits per heavy atom. The summed E-state index contributed by atoms with van der Waals surface area (Å²) in [6, 6.07) is 11.0. The van der Waals surface area contributed by atoms with Crippen molar-refractivity contribution < 1.29 is 4.92 Å². The van der Waals surface area contributed by atoms with Crippen LogP contribution in [0.5, 0.6) is 0 Å². The highest BCUT2D eigenvalue weighted by atomic mass is 35.5. The van der Waals surface area contributed by atoms with Crippen molar-refractivity contribution in [3.05, 3.63) is 85.2 Å². The quantitative estimate of drug-likeness (QED) is 0.339. The maximum atomic E-state index is 10.7. The van der Waals surface area contributed by atoms with Gasteiger partial charge in [0, 0.05) is 17.6 Å². The Hall–Kier alpha value is -3.11. The van der Waals surface area contributed by atoms with Gasteiger partial charge in [-0.15, -0.1) is 10.2 Å². The van der Waals surface area contributed by atoms with Gasteiger partial charge >= 0.3 is 5.82 Å². The smallest absolute Gasteiger partial charge is 0.358 e. The maximum absolute atomic E-state index is 10.7. The van der Waals surface area contributed by atoms with Crippen molar-refractivity contribution in [2.24, 2.45) is 0 Å². The summed E-state index contributed by atoms with van der Waals surface area (Å²) in [4.78, 5) is 10.2. The second-order valence-corrected chi connectivity index (χ2v) is 7.54. The molecule has 4 rings (SSSR count). The molecule has 0 spiro atoms. The van der Waals surface area contributed by atoms with Gasteiger partial charge in [-0.25, -0.2) is 0 Å². The SMILES string of the molecule is O=[N+]([O-])c1ccn(Cc2nnc(Cc3ccn(Cc4ccccc4Cl)n3)s2)n1. The first-order chi connectivity index (χ1) is 13.6. The number of hydrogen-bond acceptors (Lipinski definition) is 7. The number of hydrogen-bond donors (Lipinski definition) is 0. The Kier molecular flexibility index (Phi) is 5.13. The van der Waals surface area contributed by atoms with E-state index in [1.807, 2.05) is 41.2 Å². The van der Waals surface area contributed by atoms with Gasteiger partial charge in [-0.05, 0) is 22.6 Å². The molecule has 3 heterocycles. The molecular weight excluding hydrogens is 402 g/mol. The minimum atomic E-state index is -0.527. The van der Waals surface area contributed by atoms with Crippen LogP contribution in [0.3, 0.4) is 0 Å². The lowest BCUT2D eigenvalue weighted by Gasteiger charge is -2.03. The van der Waals surface area contributed by atoms with Crippen molar-refractivity contribution in [2.75, 3.05) is 0 Å². The Morgan fingerprint density at radius 3 is 2.54 bits per heavy atom. The highest BCUT2D eigenvalue weighted by Crippen LogP contribution is 2.18. The Labute approximate surface area is 168 Å². The molecule has 0 bridgehead atoms. The lowest BCUT2D eigenvalue weighted by Crippen LogP contribution is -2.02. The van der Waals surface area contributed by atoms with Crippen molar-refractivity contribution in [1.82, 2.24) is 29.8 Å². The van der Waals surface area contributed by atoms with E-state index < -0.39 is 4.92 Å². The molecule has 9 nitrogen and oxygen atoms in total. The summed E-state index contributed by atoms with van der Waals surface area (Å²) in [7, 11) is 0. The number of nitro groups is 1. The molecule has 0 aliphatic heterocycles. The van der Waals surface area contributed by atoms with Crippen LogP contribution in [0.4, 0.5) is 5.82 Å². The standard InChI is InChI=1S/C17H14ClN7O2S/c18-14-4-2-1-3-12(14)10-23-7-5-13(21-23)9-16-19-20-17(28-16)11-24-8-6-15(22-24)25(26)27/h1-8H,9-11H2. The molecule has 4 aromatic rings. The topological polar surface area (TPSA) is 105 Å². The fraction of sp³-hybridized carbons (Fsp3) is 0.176. The van der Waals surface area contributed by atoms with Crippen LogP contribution in [0.25, 0.3) is 0 Å². The van der Waals surface area contributed by atoms with E-state index in [0.717, 1.165) is 21.3 Å². The molecule has 0 saturated carbocycles. The third kappa shape index (κ3) is 4.24. The van der Waals surface area contributed by atoms with Gasteiger partial charge in [-0.1, -0.05) is 41.1 Å². The Balaban J connectivity index is 1.39. The van der Waals surface area contributed by atoms with Gasteiger partial charge in [0.15, 0.2) is 0 Å². The number of rotatable bonds is 7. The van der Waals surface area contributed by atoms with Gasteiger partial charge in [-0.2, -0.15) is 9.78 Å². The average molecular weight is 416 g/mol. The van der Waals surface area contributed by atoms with E-state index in [9.17, 15) is 10.1 Å². The molecule has 28 heavy (non-hydrogen) atoms. The first-order valence-electron chi connectivity index (χ1n) is 8.31. The molecule has 0 unspecified atom stereocenters. The average Bonchev–Trinajstić information content (AvgIpc) is 3.40. The van der Waals surface area contributed by atoms with Crippen LogP contribution in [0.15, 0.2) is 48.8 Å². The van der Waals surface area contributed by atoms with E-state index in [1.54, 1.807) is 6.20 Å². The summed E-state index contributed by atoms with van der Waals surface area (Å²) in [5.74, 6) is -0.186. The summed E-state index contributed by atoms with van der Waals surface area (Å²) in [6.07, 6.45) is 4.02. The van der Waals surface area contributed by atoms with Gasteiger partial charge in [0.1, 0.15) is 16.6 Å². The fourth-order valence-electron chi connectivity index (χ4n) is 2.64. The summed E-state index contributed by atoms with van der Waals surface area (Å²) in [6.45, 7) is 0.936. The van der Waals surface area contributed by atoms with Crippen LogP contribution < -0.4 is 0 Å². The summed E-state index contributed by atoms with van der Waals surface area (Å²) >= 11 is 7.63. The van der Waals surface area contributed by atoms with Gasteiger partial charge in [0.25, 0.3) is 0 Å². The minimum Gasteiger partial charge on any atom is -0.358 e. The largest absolute Gasteiger partial charge is 0.389 e. The van der Waals surface area contributed by atoms with Crippen molar-refractivity contribution in [3.63, 3.8) is 0 Å². The molecule has 0 aliphatic rings. The van der Waals surface area contributed by atoms with Crippen LogP contribution in [-0.4, -0.2) is 34.7 Å². The highest BCUT2D eigenvalue weighted by Gasteiger charge is 2.14. The van der Waals surface area contributed by atoms with Gasteiger partial charge in [-0.3, -0.25) is 4.68 Å². The number of halogens is 1. The third-order valence-corrected chi connectivity index (χ3v) is 5.21. The summed E-state index contributed by atoms with van der Waals surface area (Å²) < 4.78 is 3.31. The highest BCUT2D eigenvalue weighted by molar-refractivity contribution is 7.11. The first-order valence-corrected chi connectivity index (χ1v) is 9.51. The zero-order valence-electron chi connectivity index (χ0n) is 14.5. The van der Waals surface area contributed by atoms with Crippen LogP contribution >= 0.6 is 22.9 Å². The molecule has 0 N–H and O–H groups in total. The summed E-state index contributed by atoms with van der Waals surface area (Å²) in [5, 5.41) is 29.7.